The van der Waals surface area contributed by atoms with Gasteiger partial charge in [0.1, 0.15) is 11.0 Å². The number of amides is 1. The fourth-order valence-corrected chi connectivity index (χ4v) is 1.73. The zero-order chi connectivity index (χ0) is 12.7. The maximum Gasteiger partial charge on any atom is 0.220 e. The van der Waals surface area contributed by atoms with E-state index >= 15 is 0 Å². The van der Waals surface area contributed by atoms with Crippen molar-refractivity contribution in [1.82, 2.24) is 5.32 Å². The van der Waals surface area contributed by atoms with Crippen molar-refractivity contribution in [2.24, 2.45) is 5.73 Å². The van der Waals surface area contributed by atoms with Crippen LogP contribution in [-0.2, 0) is 4.79 Å². The molecule has 0 fully saturated rings. The number of rotatable bonds is 6. The number of benzene rings is 1. The molecule has 0 aromatic heterocycles. The highest BCUT2D eigenvalue weighted by atomic mass is 32.1. The summed E-state index contributed by atoms with van der Waals surface area (Å²) in [6.07, 6.45) is 2.39. The highest BCUT2D eigenvalue weighted by Gasteiger charge is 2.16. The van der Waals surface area contributed by atoms with Gasteiger partial charge in [-0.1, -0.05) is 55.9 Å². The number of unbranched alkanes of at least 4 members (excludes halogenated alkanes) is 1. The molecule has 0 heterocycles. The third-order valence-corrected chi connectivity index (χ3v) is 2.72. The standard InChI is InChI=1S/C13H18N2OS/c1-2-3-9-11(16)15-12(13(14)17)10-7-5-4-6-8-10/h4-8,12H,2-3,9H2,1H3,(H2,14,17)(H,15,16). The first-order valence-corrected chi connectivity index (χ1v) is 6.19. The minimum absolute atomic E-state index is 0.00602. The maximum absolute atomic E-state index is 11.7. The van der Waals surface area contributed by atoms with E-state index in [-0.39, 0.29) is 11.9 Å². The Labute approximate surface area is 107 Å². The quantitative estimate of drug-likeness (QED) is 0.762. The van der Waals surface area contributed by atoms with Crippen molar-refractivity contribution in [3.8, 4) is 0 Å². The molecule has 0 saturated heterocycles. The minimum atomic E-state index is -0.365. The largest absolute Gasteiger partial charge is 0.391 e. The van der Waals surface area contributed by atoms with E-state index in [1.165, 1.54) is 0 Å². The third-order valence-electron chi connectivity index (χ3n) is 2.48. The number of carbonyl (C=O) groups is 1. The molecule has 0 aliphatic carbocycles. The van der Waals surface area contributed by atoms with Gasteiger partial charge in [0.25, 0.3) is 0 Å². The van der Waals surface area contributed by atoms with Crippen molar-refractivity contribution < 1.29 is 4.79 Å². The Morgan fingerprint density at radius 2 is 2.06 bits per heavy atom. The van der Waals surface area contributed by atoms with Crippen LogP contribution in [0.3, 0.4) is 0 Å². The van der Waals surface area contributed by atoms with Crippen molar-refractivity contribution in [3.05, 3.63) is 35.9 Å². The highest BCUT2D eigenvalue weighted by molar-refractivity contribution is 7.80. The van der Waals surface area contributed by atoms with E-state index in [1.807, 2.05) is 30.3 Å². The van der Waals surface area contributed by atoms with Crippen LogP contribution >= 0.6 is 12.2 Å². The van der Waals surface area contributed by atoms with Crippen LogP contribution in [0.2, 0.25) is 0 Å². The lowest BCUT2D eigenvalue weighted by Crippen LogP contribution is -2.36. The average molecular weight is 250 g/mol. The molecule has 1 rings (SSSR count). The van der Waals surface area contributed by atoms with Gasteiger partial charge in [-0.15, -0.1) is 0 Å². The summed E-state index contributed by atoms with van der Waals surface area (Å²) in [5.74, 6) is -0.00602. The van der Waals surface area contributed by atoms with Crippen LogP contribution in [0, 0.1) is 0 Å². The van der Waals surface area contributed by atoms with Crippen molar-refractivity contribution in [3.63, 3.8) is 0 Å². The molecule has 0 spiro atoms. The molecule has 1 unspecified atom stereocenters. The molecule has 17 heavy (non-hydrogen) atoms. The molecule has 3 N–H and O–H groups in total. The second-order valence-electron chi connectivity index (χ2n) is 3.92. The number of thiocarbonyl (C=S) groups is 1. The molecular formula is C13H18N2OS. The normalized spacial score (nSPS) is 11.8. The van der Waals surface area contributed by atoms with E-state index in [0.29, 0.717) is 11.4 Å². The molecule has 1 amide bonds. The zero-order valence-electron chi connectivity index (χ0n) is 9.98. The van der Waals surface area contributed by atoms with Gasteiger partial charge in [-0.25, -0.2) is 0 Å². The van der Waals surface area contributed by atoms with E-state index in [9.17, 15) is 4.79 Å². The SMILES string of the molecule is CCCCC(=O)NC(C(N)=S)c1ccccc1. The van der Waals surface area contributed by atoms with E-state index < -0.39 is 0 Å². The Morgan fingerprint density at radius 3 is 2.59 bits per heavy atom. The lowest BCUT2D eigenvalue weighted by atomic mass is 10.1. The molecule has 0 radical (unpaired) electrons. The zero-order valence-corrected chi connectivity index (χ0v) is 10.8. The van der Waals surface area contributed by atoms with Gasteiger partial charge in [-0.3, -0.25) is 4.79 Å². The molecule has 1 atom stereocenters. The third kappa shape index (κ3) is 4.53. The molecule has 1 aromatic carbocycles. The monoisotopic (exact) mass is 250 g/mol. The fourth-order valence-electron chi connectivity index (χ4n) is 1.53. The summed E-state index contributed by atoms with van der Waals surface area (Å²) in [5, 5.41) is 2.86. The molecule has 0 bridgehead atoms. The molecule has 92 valence electrons. The topological polar surface area (TPSA) is 55.1 Å². The smallest absolute Gasteiger partial charge is 0.220 e. The van der Waals surface area contributed by atoms with Crippen LogP contribution in [0.15, 0.2) is 30.3 Å². The Bertz CT molecular complexity index is 378. The lowest BCUT2D eigenvalue weighted by molar-refractivity contribution is -0.121. The van der Waals surface area contributed by atoms with Crippen molar-refractivity contribution in [1.29, 1.82) is 0 Å². The van der Waals surface area contributed by atoms with Crippen molar-refractivity contribution in [2.75, 3.05) is 0 Å². The van der Waals surface area contributed by atoms with Gasteiger partial charge < -0.3 is 11.1 Å². The van der Waals surface area contributed by atoms with Crippen molar-refractivity contribution >= 4 is 23.1 Å². The maximum atomic E-state index is 11.7. The van der Waals surface area contributed by atoms with E-state index in [2.05, 4.69) is 12.2 Å². The first kappa shape index (κ1) is 13.6. The van der Waals surface area contributed by atoms with Crippen LogP contribution in [0.4, 0.5) is 0 Å². The summed E-state index contributed by atoms with van der Waals surface area (Å²) in [4.78, 5) is 12.0. The summed E-state index contributed by atoms with van der Waals surface area (Å²) in [6, 6.07) is 9.17. The molecule has 0 aliphatic rings. The van der Waals surface area contributed by atoms with Crippen molar-refractivity contribution in [2.45, 2.75) is 32.2 Å². The molecule has 3 nitrogen and oxygen atoms in total. The predicted molar refractivity (Wildman–Crippen MR) is 73.6 cm³/mol. The van der Waals surface area contributed by atoms with Gasteiger partial charge in [-0.05, 0) is 12.0 Å². The van der Waals surface area contributed by atoms with Crippen LogP contribution in [-0.4, -0.2) is 10.9 Å². The van der Waals surface area contributed by atoms with Crippen LogP contribution in [0.1, 0.15) is 37.8 Å². The van der Waals surface area contributed by atoms with Gasteiger partial charge in [0, 0.05) is 6.42 Å². The highest BCUT2D eigenvalue weighted by Crippen LogP contribution is 2.13. The van der Waals surface area contributed by atoms with E-state index in [4.69, 9.17) is 18.0 Å². The van der Waals surface area contributed by atoms with Crippen LogP contribution in [0.5, 0.6) is 0 Å². The Morgan fingerprint density at radius 1 is 1.41 bits per heavy atom. The number of hydrogen-bond acceptors (Lipinski definition) is 2. The van der Waals surface area contributed by atoms with Crippen LogP contribution in [0.25, 0.3) is 0 Å². The average Bonchev–Trinajstić information content (AvgIpc) is 2.34. The summed E-state index contributed by atoms with van der Waals surface area (Å²) in [5.41, 5.74) is 6.58. The molecule has 0 aliphatic heterocycles. The van der Waals surface area contributed by atoms with Gasteiger partial charge in [0.2, 0.25) is 5.91 Å². The summed E-state index contributed by atoms with van der Waals surface area (Å²) < 4.78 is 0. The van der Waals surface area contributed by atoms with E-state index in [1.54, 1.807) is 0 Å². The van der Waals surface area contributed by atoms with Gasteiger partial charge in [0.05, 0.1) is 0 Å². The number of nitrogens with two attached hydrogens (primary N) is 1. The second-order valence-corrected chi connectivity index (χ2v) is 4.39. The number of nitrogens with one attached hydrogen (secondary N) is 1. The summed E-state index contributed by atoms with van der Waals surface area (Å²) >= 11 is 4.99. The van der Waals surface area contributed by atoms with E-state index in [0.717, 1.165) is 18.4 Å². The van der Waals surface area contributed by atoms with Gasteiger partial charge in [0.15, 0.2) is 0 Å². The first-order valence-electron chi connectivity index (χ1n) is 5.78. The van der Waals surface area contributed by atoms with Crippen LogP contribution < -0.4 is 11.1 Å². The second kappa shape index (κ2) is 7.01. The van der Waals surface area contributed by atoms with Gasteiger partial charge >= 0.3 is 0 Å². The minimum Gasteiger partial charge on any atom is -0.391 e. The van der Waals surface area contributed by atoms with Gasteiger partial charge in [-0.2, -0.15) is 0 Å². The lowest BCUT2D eigenvalue weighted by Gasteiger charge is -2.17. The number of hydrogen-bond donors (Lipinski definition) is 2. The Hall–Kier alpha value is -1.42. The fraction of sp³-hybridized carbons (Fsp3) is 0.385. The first-order chi connectivity index (χ1) is 8.15. The molecule has 1 aromatic rings. The Balaban J connectivity index is 2.68. The summed E-state index contributed by atoms with van der Waals surface area (Å²) in [6.45, 7) is 2.05. The Kier molecular flexibility index (Phi) is 5.63. The molecule has 0 saturated carbocycles. The molecular weight excluding hydrogens is 232 g/mol. The summed E-state index contributed by atoms with van der Waals surface area (Å²) in [7, 11) is 0. The molecule has 4 heteroatoms. The predicted octanol–water partition coefficient (Wildman–Crippen LogP) is 2.32. The number of carbonyl (C=O) groups excluding carboxylic acids is 1.